The van der Waals surface area contributed by atoms with Gasteiger partial charge in [-0.3, -0.25) is 0 Å². The molecule has 1 aliphatic carbocycles. The van der Waals surface area contributed by atoms with Gasteiger partial charge >= 0.3 is 5.63 Å². The fraction of sp³-hybridized carbons (Fsp3) is 0.286. The zero-order valence-electron chi connectivity index (χ0n) is 14.4. The standard InChI is InChI=1S/C21H18Cl2O3/c1-12-19(25-11-16-17(22)7-4-8-18(16)23)10-9-14-13-5-2-3-6-15(13)21(24)26-20(12)14/h4,7-10H,2-3,5-6,11H2,1H3. The third kappa shape index (κ3) is 3.00. The Balaban J connectivity index is 1.73. The SMILES string of the molecule is Cc1c(OCc2c(Cl)cccc2Cl)ccc2c3c(c(=O)oc12)CCCC3. The summed E-state index contributed by atoms with van der Waals surface area (Å²) in [6.45, 7) is 2.16. The van der Waals surface area contributed by atoms with Crippen LogP contribution in [0.25, 0.3) is 11.0 Å². The summed E-state index contributed by atoms with van der Waals surface area (Å²) in [5.41, 5.74) is 3.91. The van der Waals surface area contributed by atoms with E-state index in [1.54, 1.807) is 18.2 Å². The van der Waals surface area contributed by atoms with Crippen molar-refractivity contribution in [1.29, 1.82) is 0 Å². The topological polar surface area (TPSA) is 39.4 Å². The Morgan fingerprint density at radius 2 is 1.73 bits per heavy atom. The first-order valence-electron chi connectivity index (χ1n) is 8.70. The molecule has 0 unspecified atom stereocenters. The predicted molar refractivity (Wildman–Crippen MR) is 105 cm³/mol. The summed E-state index contributed by atoms with van der Waals surface area (Å²) in [4.78, 5) is 12.4. The first-order valence-corrected chi connectivity index (χ1v) is 9.45. The summed E-state index contributed by atoms with van der Waals surface area (Å²) in [6, 6.07) is 9.28. The van der Waals surface area contributed by atoms with Crippen molar-refractivity contribution in [2.75, 3.05) is 0 Å². The highest BCUT2D eigenvalue weighted by molar-refractivity contribution is 6.35. The van der Waals surface area contributed by atoms with Crippen molar-refractivity contribution in [2.45, 2.75) is 39.2 Å². The van der Waals surface area contributed by atoms with Gasteiger partial charge in [0, 0.05) is 32.1 Å². The number of fused-ring (bicyclic) bond motifs is 3. The van der Waals surface area contributed by atoms with Gasteiger partial charge in [0.2, 0.25) is 0 Å². The van der Waals surface area contributed by atoms with Gasteiger partial charge in [-0.25, -0.2) is 4.79 Å². The minimum atomic E-state index is -0.221. The van der Waals surface area contributed by atoms with Gasteiger partial charge in [0.15, 0.2) is 0 Å². The molecule has 0 N–H and O–H groups in total. The molecular weight excluding hydrogens is 371 g/mol. The summed E-state index contributed by atoms with van der Waals surface area (Å²) in [6.07, 6.45) is 3.87. The van der Waals surface area contributed by atoms with Crippen LogP contribution in [0, 0.1) is 6.92 Å². The van der Waals surface area contributed by atoms with Gasteiger partial charge in [-0.15, -0.1) is 0 Å². The number of ether oxygens (including phenoxy) is 1. The minimum Gasteiger partial charge on any atom is -0.488 e. The van der Waals surface area contributed by atoms with Crippen LogP contribution in [0.1, 0.15) is 35.1 Å². The summed E-state index contributed by atoms with van der Waals surface area (Å²) in [7, 11) is 0. The van der Waals surface area contributed by atoms with E-state index in [1.807, 2.05) is 19.1 Å². The lowest BCUT2D eigenvalue weighted by molar-refractivity contribution is 0.304. The molecule has 4 rings (SSSR count). The average molecular weight is 389 g/mol. The first-order chi connectivity index (χ1) is 12.6. The fourth-order valence-electron chi connectivity index (χ4n) is 3.60. The van der Waals surface area contributed by atoms with Gasteiger partial charge in [-0.2, -0.15) is 0 Å². The molecule has 0 aliphatic heterocycles. The number of halogens is 2. The second kappa shape index (κ2) is 6.98. The maximum absolute atomic E-state index is 12.4. The van der Waals surface area contributed by atoms with Crippen LogP contribution in [0.2, 0.25) is 10.0 Å². The van der Waals surface area contributed by atoms with Crippen LogP contribution in [0.3, 0.4) is 0 Å². The highest BCUT2D eigenvalue weighted by Crippen LogP contribution is 2.33. The smallest absolute Gasteiger partial charge is 0.339 e. The molecule has 0 fully saturated rings. The molecule has 3 nitrogen and oxygen atoms in total. The van der Waals surface area contributed by atoms with Crippen LogP contribution in [-0.4, -0.2) is 0 Å². The summed E-state index contributed by atoms with van der Waals surface area (Å²) in [5.74, 6) is 0.660. The van der Waals surface area contributed by atoms with Crippen molar-refractivity contribution in [1.82, 2.24) is 0 Å². The number of hydrogen-bond donors (Lipinski definition) is 0. The molecular formula is C21H18Cl2O3. The van der Waals surface area contributed by atoms with Gasteiger partial charge < -0.3 is 9.15 Å². The quantitative estimate of drug-likeness (QED) is 0.526. The van der Waals surface area contributed by atoms with Crippen LogP contribution in [0.5, 0.6) is 5.75 Å². The van der Waals surface area contributed by atoms with Crippen LogP contribution in [-0.2, 0) is 19.4 Å². The van der Waals surface area contributed by atoms with Crippen LogP contribution in [0.4, 0.5) is 0 Å². The Bertz CT molecular complexity index is 1030. The third-order valence-electron chi connectivity index (χ3n) is 5.02. The molecule has 1 heterocycles. The van der Waals surface area contributed by atoms with E-state index < -0.39 is 0 Å². The monoisotopic (exact) mass is 388 g/mol. The highest BCUT2D eigenvalue weighted by Gasteiger charge is 2.20. The molecule has 26 heavy (non-hydrogen) atoms. The van der Waals surface area contributed by atoms with E-state index in [0.717, 1.165) is 53.3 Å². The minimum absolute atomic E-state index is 0.221. The Hall–Kier alpha value is -1.97. The van der Waals surface area contributed by atoms with E-state index in [1.165, 1.54) is 0 Å². The van der Waals surface area contributed by atoms with Crippen LogP contribution < -0.4 is 10.4 Å². The molecule has 0 saturated heterocycles. The van der Waals surface area contributed by atoms with E-state index in [0.29, 0.717) is 21.4 Å². The van der Waals surface area contributed by atoms with Gasteiger partial charge in [-0.05, 0) is 62.4 Å². The van der Waals surface area contributed by atoms with E-state index in [-0.39, 0.29) is 12.2 Å². The van der Waals surface area contributed by atoms with E-state index >= 15 is 0 Å². The maximum atomic E-state index is 12.4. The van der Waals surface area contributed by atoms with E-state index in [4.69, 9.17) is 32.4 Å². The molecule has 0 amide bonds. The number of benzene rings is 2. The second-order valence-electron chi connectivity index (χ2n) is 6.61. The van der Waals surface area contributed by atoms with Crippen LogP contribution >= 0.6 is 23.2 Å². The molecule has 0 bridgehead atoms. The molecule has 0 saturated carbocycles. The number of rotatable bonds is 3. The Labute approximate surface area is 161 Å². The molecule has 5 heteroatoms. The third-order valence-corrected chi connectivity index (χ3v) is 5.73. The van der Waals surface area contributed by atoms with Gasteiger partial charge in [-0.1, -0.05) is 29.3 Å². The highest BCUT2D eigenvalue weighted by atomic mass is 35.5. The fourth-order valence-corrected chi connectivity index (χ4v) is 4.11. The Morgan fingerprint density at radius 3 is 2.46 bits per heavy atom. The Morgan fingerprint density at radius 1 is 1.04 bits per heavy atom. The van der Waals surface area contributed by atoms with Crippen molar-refractivity contribution in [2.24, 2.45) is 0 Å². The molecule has 3 aromatic rings. The lowest BCUT2D eigenvalue weighted by Crippen LogP contribution is -2.16. The summed E-state index contributed by atoms with van der Waals surface area (Å²) >= 11 is 12.4. The van der Waals surface area contributed by atoms with E-state index in [2.05, 4.69) is 0 Å². The molecule has 0 radical (unpaired) electrons. The molecule has 1 aromatic heterocycles. The molecule has 0 spiro atoms. The molecule has 134 valence electrons. The van der Waals surface area contributed by atoms with Crippen molar-refractivity contribution in [3.8, 4) is 5.75 Å². The van der Waals surface area contributed by atoms with Crippen molar-refractivity contribution >= 4 is 34.2 Å². The maximum Gasteiger partial charge on any atom is 0.339 e. The lowest BCUT2D eigenvalue weighted by Gasteiger charge is -2.18. The zero-order valence-corrected chi connectivity index (χ0v) is 15.9. The molecule has 2 aromatic carbocycles. The average Bonchev–Trinajstić information content (AvgIpc) is 2.64. The van der Waals surface area contributed by atoms with E-state index in [9.17, 15) is 4.79 Å². The predicted octanol–water partition coefficient (Wildman–Crippen LogP) is 5.87. The summed E-state index contributed by atoms with van der Waals surface area (Å²) < 4.78 is 11.6. The zero-order chi connectivity index (χ0) is 18.3. The molecule has 1 aliphatic rings. The second-order valence-corrected chi connectivity index (χ2v) is 7.42. The number of aryl methyl sites for hydroxylation is 2. The Kier molecular flexibility index (Phi) is 4.68. The first kappa shape index (κ1) is 17.4. The van der Waals surface area contributed by atoms with Crippen LogP contribution in [0.15, 0.2) is 39.5 Å². The van der Waals surface area contributed by atoms with Crippen molar-refractivity contribution in [3.63, 3.8) is 0 Å². The lowest BCUT2D eigenvalue weighted by atomic mass is 9.90. The van der Waals surface area contributed by atoms with Gasteiger partial charge in [0.1, 0.15) is 17.9 Å². The van der Waals surface area contributed by atoms with Gasteiger partial charge in [0.25, 0.3) is 0 Å². The van der Waals surface area contributed by atoms with Crippen molar-refractivity contribution < 1.29 is 9.15 Å². The van der Waals surface area contributed by atoms with Gasteiger partial charge in [0.05, 0.1) is 0 Å². The molecule has 0 atom stereocenters. The number of hydrogen-bond acceptors (Lipinski definition) is 3. The summed E-state index contributed by atoms with van der Waals surface area (Å²) in [5, 5.41) is 2.15. The van der Waals surface area contributed by atoms with Crippen molar-refractivity contribution in [3.05, 3.63) is 73.1 Å². The largest absolute Gasteiger partial charge is 0.488 e. The normalized spacial score (nSPS) is 13.7.